The molecule has 164 valence electrons. The van der Waals surface area contributed by atoms with Crippen LogP contribution in [0.15, 0.2) is 41.3 Å². The van der Waals surface area contributed by atoms with Gasteiger partial charge >= 0.3 is 6.09 Å². The van der Waals surface area contributed by atoms with Gasteiger partial charge in [0.2, 0.25) is 11.5 Å². The van der Waals surface area contributed by atoms with E-state index in [1.165, 1.54) is 6.92 Å². The summed E-state index contributed by atoms with van der Waals surface area (Å²) in [6.45, 7) is 2.12. The maximum atomic E-state index is 12.4. The molecular formula is C23H23N5O4. The third-order valence-corrected chi connectivity index (χ3v) is 5.91. The Balaban J connectivity index is 1.45. The van der Waals surface area contributed by atoms with E-state index in [0.717, 1.165) is 58.6 Å². The predicted octanol–water partition coefficient (Wildman–Crippen LogP) is 2.38. The van der Waals surface area contributed by atoms with Crippen molar-refractivity contribution in [2.24, 2.45) is 0 Å². The number of cyclic esters (lactones) is 1. The fourth-order valence-corrected chi connectivity index (χ4v) is 4.41. The molecule has 2 aromatic heterocycles. The molecule has 9 heteroatoms. The maximum absolute atomic E-state index is 12.4. The van der Waals surface area contributed by atoms with E-state index in [1.807, 2.05) is 24.3 Å². The Morgan fingerprint density at radius 2 is 2.12 bits per heavy atom. The molecule has 2 aliphatic rings. The highest BCUT2D eigenvalue weighted by Gasteiger charge is 2.33. The van der Waals surface area contributed by atoms with Gasteiger partial charge in [0.1, 0.15) is 6.10 Å². The van der Waals surface area contributed by atoms with Gasteiger partial charge in [-0.2, -0.15) is 5.10 Å². The number of nitrogens with zero attached hydrogens (tertiary/aromatic N) is 2. The number of pyridine rings is 1. The summed E-state index contributed by atoms with van der Waals surface area (Å²) in [5.74, 6) is -0.153. The lowest BCUT2D eigenvalue weighted by molar-refractivity contribution is -0.119. The number of ether oxygens (including phenoxy) is 1. The number of aromatic amines is 2. The summed E-state index contributed by atoms with van der Waals surface area (Å²) in [4.78, 5) is 39.5. The molecule has 0 unspecified atom stereocenters. The molecule has 3 aromatic rings. The van der Waals surface area contributed by atoms with Gasteiger partial charge in [-0.05, 0) is 43.0 Å². The summed E-state index contributed by atoms with van der Waals surface area (Å²) in [5.41, 5.74) is 6.42. The zero-order chi connectivity index (χ0) is 22.2. The minimum atomic E-state index is -0.410. The second-order valence-corrected chi connectivity index (χ2v) is 8.12. The van der Waals surface area contributed by atoms with E-state index in [9.17, 15) is 14.4 Å². The summed E-state index contributed by atoms with van der Waals surface area (Å²) in [6, 6.07) is 9.35. The summed E-state index contributed by atoms with van der Waals surface area (Å²) in [5, 5.41) is 10.4. The average Bonchev–Trinajstić information content (AvgIpc) is 3.31. The van der Waals surface area contributed by atoms with Crippen molar-refractivity contribution in [2.75, 3.05) is 18.0 Å². The molecule has 3 N–H and O–H groups in total. The standard InChI is InChI=1S/C23H23N5O4/c1-13(29)25-11-17-12-28(23(31)32-17)16-5-6-18-14(9-16)3-2-4-19-21(26-27-22(18)19)15-7-8-24-20(30)10-15/h5-10,17H,2-4,11-12H2,1H3,(H,24,30)(H,25,29)(H,26,27)/t17-/m0/s1. The van der Waals surface area contributed by atoms with Gasteiger partial charge in [0, 0.05) is 41.6 Å². The van der Waals surface area contributed by atoms with Crippen LogP contribution in [-0.4, -0.2) is 46.4 Å². The van der Waals surface area contributed by atoms with Crippen LogP contribution in [0.4, 0.5) is 10.5 Å². The fourth-order valence-electron chi connectivity index (χ4n) is 4.41. The Kier molecular flexibility index (Phi) is 5.01. The highest BCUT2D eigenvalue weighted by atomic mass is 16.6. The quantitative estimate of drug-likeness (QED) is 0.584. The Morgan fingerprint density at radius 1 is 1.25 bits per heavy atom. The number of aryl methyl sites for hydroxylation is 1. The number of nitrogens with one attached hydrogen (secondary N) is 3. The average molecular weight is 433 g/mol. The van der Waals surface area contributed by atoms with Crippen LogP contribution in [0.2, 0.25) is 0 Å². The fraction of sp³-hybridized carbons (Fsp3) is 0.304. The van der Waals surface area contributed by atoms with Crippen LogP contribution in [0.3, 0.4) is 0 Å². The van der Waals surface area contributed by atoms with Gasteiger partial charge in [0.25, 0.3) is 0 Å². The number of rotatable bonds is 4. The van der Waals surface area contributed by atoms with Gasteiger partial charge in [-0.1, -0.05) is 6.07 Å². The first-order valence-corrected chi connectivity index (χ1v) is 10.6. The van der Waals surface area contributed by atoms with Crippen molar-refractivity contribution in [3.63, 3.8) is 0 Å². The number of carbonyl (C=O) groups is 2. The minimum Gasteiger partial charge on any atom is -0.442 e. The third-order valence-electron chi connectivity index (χ3n) is 5.91. The number of H-pyrrole nitrogens is 2. The van der Waals surface area contributed by atoms with Crippen LogP contribution in [0.25, 0.3) is 22.5 Å². The predicted molar refractivity (Wildman–Crippen MR) is 118 cm³/mol. The molecule has 0 radical (unpaired) electrons. The summed E-state index contributed by atoms with van der Waals surface area (Å²) in [6.07, 6.45) is 3.47. The van der Waals surface area contributed by atoms with Gasteiger partial charge in [-0.15, -0.1) is 0 Å². The molecule has 1 atom stereocenters. The van der Waals surface area contributed by atoms with Gasteiger partial charge in [0.05, 0.1) is 24.5 Å². The second-order valence-electron chi connectivity index (χ2n) is 8.12. The van der Waals surface area contributed by atoms with E-state index >= 15 is 0 Å². The SMILES string of the molecule is CC(=O)NC[C@H]1CN(c2ccc3c(c2)CCCc2c(-c4cc[nH]c(=O)c4)n[nH]c2-3)C(=O)O1. The number of amides is 2. The molecule has 9 nitrogen and oxygen atoms in total. The Hall–Kier alpha value is -3.88. The van der Waals surface area contributed by atoms with Crippen molar-refractivity contribution < 1.29 is 14.3 Å². The number of aromatic nitrogens is 3. The maximum Gasteiger partial charge on any atom is 0.414 e. The van der Waals surface area contributed by atoms with Crippen molar-refractivity contribution in [2.45, 2.75) is 32.3 Å². The minimum absolute atomic E-state index is 0.153. The Morgan fingerprint density at radius 3 is 2.94 bits per heavy atom. The first-order chi connectivity index (χ1) is 15.5. The molecule has 0 saturated carbocycles. The lowest BCUT2D eigenvalue weighted by Gasteiger charge is -2.16. The van der Waals surface area contributed by atoms with Crippen molar-refractivity contribution in [1.29, 1.82) is 0 Å². The van der Waals surface area contributed by atoms with Gasteiger partial charge in [0.15, 0.2) is 0 Å². The molecule has 1 aliphatic heterocycles. The first kappa shape index (κ1) is 20.0. The van der Waals surface area contributed by atoms with Crippen LogP contribution in [0.1, 0.15) is 24.5 Å². The largest absolute Gasteiger partial charge is 0.442 e. The molecule has 1 aliphatic carbocycles. The summed E-state index contributed by atoms with van der Waals surface area (Å²) in [7, 11) is 0. The normalized spacial score (nSPS) is 17.3. The lowest BCUT2D eigenvalue weighted by Crippen LogP contribution is -2.33. The van der Waals surface area contributed by atoms with Crippen molar-refractivity contribution >= 4 is 17.7 Å². The van der Waals surface area contributed by atoms with E-state index in [2.05, 4.69) is 20.5 Å². The summed E-state index contributed by atoms with van der Waals surface area (Å²) < 4.78 is 5.39. The molecular weight excluding hydrogens is 410 g/mol. The van der Waals surface area contributed by atoms with Crippen molar-refractivity contribution in [1.82, 2.24) is 20.5 Å². The second kappa shape index (κ2) is 7.99. The molecule has 0 spiro atoms. The zero-order valence-corrected chi connectivity index (χ0v) is 17.6. The van der Waals surface area contributed by atoms with Gasteiger partial charge in [-0.25, -0.2) is 4.79 Å². The smallest absolute Gasteiger partial charge is 0.414 e. The number of benzene rings is 1. The van der Waals surface area contributed by atoms with Gasteiger partial charge in [-0.3, -0.25) is 19.6 Å². The van der Waals surface area contributed by atoms with E-state index in [1.54, 1.807) is 17.2 Å². The molecule has 1 fully saturated rings. The molecule has 5 rings (SSSR count). The van der Waals surface area contributed by atoms with Crippen LogP contribution < -0.4 is 15.8 Å². The third kappa shape index (κ3) is 3.66. The van der Waals surface area contributed by atoms with Crippen LogP contribution in [-0.2, 0) is 22.4 Å². The van der Waals surface area contributed by atoms with Gasteiger partial charge < -0.3 is 15.0 Å². The van der Waals surface area contributed by atoms with Crippen LogP contribution in [0, 0.1) is 0 Å². The zero-order valence-electron chi connectivity index (χ0n) is 17.6. The number of anilines is 1. The Labute approximate surface area is 183 Å². The highest BCUT2D eigenvalue weighted by Crippen LogP contribution is 2.37. The molecule has 2 amide bonds. The number of hydrogen-bond donors (Lipinski definition) is 3. The highest BCUT2D eigenvalue weighted by molar-refractivity contribution is 5.91. The molecule has 32 heavy (non-hydrogen) atoms. The lowest BCUT2D eigenvalue weighted by atomic mass is 9.99. The van der Waals surface area contributed by atoms with Crippen LogP contribution >= 0.6 is 0 Å². The van der Waals surface area contributed by atoms with E-state index in [0.29, 0.717) is 13.1 Å². The van der Waals surface area contributed by atoms with Crippen molar-refractivity contribution in [3.05, 3.63) is 58.0 Å². The van der Waals surface area contributed by atoms with E-state index < -0.39 is 6.09 Å². The van der Waals surface area contributed by atoms with E-state index in [4.69, 9.17) is 4.74 Å². The monoisotopic (exact) mass is 433 g/mol. The molecule has 0 bridgehead atoms. The van der Waals surface area contributed by atoms with Crippen LogP contribution in [0.5, 0.6) is 0 Å². The number of fused-ring (bicyclic) bond motifs is 3. The number of hydrogen-bond acceptors (Lipinski definition) is 5. The first-order valence-electron chi connectivity index (χ1n) is 10.6. The number of carbonyl (C=O) groups excluding carboxylic acids is 2. The molecule has 3 heterocycles. The molecule has 1 aromatic carbocycles. The van der Waals surface area contributed by atoms with Crippen molar-refractivity contribution in [3.8, 4) is 22.5 Å². The topological polar surface area (TPSA) is 120 Å². The van der Waals surface area contributed by atoms with E-state index in [-0.39, 0.29) is 17.6 Å². The Bertz CT molecular complexity index is 1260. The summed E-state index contributed by atoms with van der Waals surface area (Å²) >= 11 is 0. The molecule has 1 saturated heterocycles.